The summed E-state index contributed by atoms with van der Waals surface area (Å²) >= 11 is 0. The van der Waals surface area contributed by atoms with Gasteiger partial charge in [0.25, 0.3) is 0 Å². The van der Waals surface area contributed by atoms with Gasteiger partial charge in [-0.05, 0) is 6.42 Å². The molecule has 0 aromatic rings. The van der Waals surface area contributed by atoms with Crippen LogP contribution in [-0.4, -0.2) is 18.6 Å². The van der Waals surface area contributed by atoms with E-state index in [2.05, 4.69) is 16.8 Å². The first-order valence-corrected chi connectivity index (χ1v) is 3.08. The van der Waals surface area contributed by atoms with E-state index in [4.69, 9.17) is 10.5 Å². The molecule has 4 amide bonds. The molecule has 11 heavy (non-hydrogen) atoms. The third-order valence-corrected chi connectivity index (χ3v) is 0.549. The largest absolute Gasteiger partial charge is 0.352 e. The fourth-order valence-corrected chi connectivity index (χ4v) is 0.248. The third kappa shape index (κ3) is 56.6. The summed E-state index contributed by atoms with van der Waals surface area (Å²) in [5.74, 6) is 0. The SMILES string of the molecule is CCCNC(N)=O.NC(N)=O. The summed E-state index contributed by atoms with van der Waals surface area (Å²) in [6.45, 7) is 2.64. The van der Waals surface area contributed by atoms with Crippen molar-refractivity contribution >= 4 is 12.1 Å². The molecular weight excluding hydrogens is 148 g/mol. The number of urea groups is 2. The van der Waals surface area contributed by atoms with Crippen molar-refractivity contribution in [2.45, 2.75) is 13.3 Å². The molecule has 0 fully saturated rings. The lowest BCUT2D eigenvalue weighted by atomic mass is 10.5. The Morgan fingerprint density at radius 1 is 1.27 bits per heavy atom. The molecule has 0 spiro atoms. The molecule has 0 bridgehead atoms. The Morgan fingerprint density at radius 3 is 1.73 bits per heavy atom. The molecule has 0 rings (SSSR count). The number of amides is 4. The highest BCUT2D eigenvalue weighted by atomic mass is 16.2. The van der Waals surface area contributed by atoms with Crippen LogP contribution in [0.25, 0.3) is 0 Å². The molecule has 7 N–H and O–H groups in total. The summed E-state index contributed by atoms with van der Waals surface area (Å²) in [6.07, 6.45) is 0.933. The van der Waals surface area contributed by atoms with E-state index in [0.29, 0.717) is 6.54 Å². The molecule has 0 heterocycles. The maximum Gasteiger partial charge on any atom is 0.312 e. The van der Waals surface area contributed by atoms with Gasteiger partial charge in [-0.1, -0.05) is 6.92 Å². The molecule has 0 aromatic carbocycles. The Balaban J connectivity index is 0. The molecule has 6 heteroatoms. The molecule has 0 aromatic heterocycles. The molecular formula is C5H14N4O2. The maximum atomic E-state index is 9.87. The Hall–Kier alpha value is -1.46. The summed E-state index contributed by atoms with van der Waals surface area (Å²) < 4.78 is 0. The smallest absolute Gasteiger partial charge is 0.312 e. The first kappa shape index (κ1) is 12.2. The second-order valence-corrected chi connectivity index (χ2v) is 1.69. The minimum Gasteiger partial charge on any atom is -0.352 e. The van der Waals surface area contributed by atoms with Crippen molar-refractivity contribution in [3.8, 4) is 0 Å². The lowest BCUT2D eigenvalue weighted by Gasteiger charge is -1.93. The number of carbonyl (C=O) groups excluding carboxylic acids is 2. The van der Waals surface area contributed by atoms with Crippen LogP contribution in [0.3, 0.4) is 0 Å². The van der Waals surface area contributed by atoms with Gasteiger partial charge in [0.15, 0.2) is 0 Å². The summed E-state index contributed by atoms with van der Waals surface area (Å²) in [7, 11) is 0. The van der Waals surface area contributed by atoms with E-state index in [-0.39, 0.29) is 0 Å². The van der Waals surface area contributed by atoms with E-state index < -0.39 is 12.1 Å². The lowest BCUT2D eigenvalue weighted by Crippen LogP contribution is -2.29. The molecule has 66 valence electrons. The van der Waals surface area contributed by atoms with Crippen molar-refractivity contribution < 1.29 is 9.59 Å². The second-order valence-electron chi connectivity index (χ2n) is 1.69. The van der Waals surface area contributed by atoms with Gasteiger partial charge in [-0.25, -0.2) is 9.59 Å². The van der Waals surface area contributed by atoms with Crippen LogP contribution in [0.4, 0.5) is 9.59 Å². The minimum atomic E-state index is -0.833. The van der Waals surface area contributed by atoms with E-state index in [0.717, 1.165) is 6.42 Å². The summed E-state index contributed by atoms with van der Waals surface area (Å²) in [6, 6.07) is -1.28. The predicted molar refractivity (Wildman–Crippen MR) is 41.6 cm³/mol. The van der Waals surface area contributed by atoms with E-state index >= 15 is 0 Å². The fraction of sp³-hybridized carbons (Fsp3) is 0.600. The van der Waals surface area contributed by atoms with Crippen molar-refractivity contribution in [3.05, 3.63) is 0 Å². The van der Waals surface area contributed by atoms with Crippen LogP contribution < -0.4 is 22.5 Å². The summed E-state index contributed by atoms with van der Waals surface area (Å²) in [5, 5.41) is 2.43. The minimum absolute atomic E-state index is 0.443. The number of primary amides is 3. The van der Waals surface area contributed by atoms with Gasteiger partial charge in [0.05, 0.1) is 0 Å². The number of hydrogen-bond donors (Lipinski definition) is 4. The molecule has 0 unspecified atom stereocenters. The molecule has 0 atom stereocenters. The average molecular weight is 162 g/mol. The van der Waals surface area contributed by atoms with Gasteiger partial charge < -0.3 is 22.5 Å². The van der Waals surface area contributed by atoms with E-state index in [1.165, 1.54) is 0 Å². The van der Waals surface area contributed by atoms with Gasteiger partial charge in [0, 0.05) is 6.54 Å². The quantitative estimate of drug-likeness (QED) is 0.419. The molecule has 0 saturated carbocycles. The van der Waals surface area contributed by atoms with Gasteiger partial charge in [-0.2, -0.15) is 0 Å². The average Bonchev–Trinajstić information content (AvgIpc) is 1.82. The number of nitrogens with one attached hydrogen (secondary N) is 1. The van der Waals surface area contributed by atoms with E-state index in [1.807, 2.05) is 6.92 Å². The number of rotatable bonds is 2. The zero-order valence-electron chi connectivity index (χ0n) is 6.46. The van der Waals surface area contributed by atoms with Crippen molar-refractivity contribution in [2.24, 2.45) is 17.2 Å². The second kappa shape index (κ2) is 8.54. The van der Waals surface area contributed by atoms with Gasteiger partial charge in [-0.15, -0.1) is 0 Å². The molecule has 0 aliphatic carbocycles. The van der Waals surface area contributed by atoms with Crippen LogP contribution in [0, 0.1) is 0 Å². The zero-order valence-corrected chi connectivity index (χ0v) is 6.46. The Morgan fingerprint density at radius 2 is 1.64 bits per heavy atom. The normalized spacial score (nSPS) is 7.36. The zero-order chi connectivity index (χ0) is 9.28. The first-order chi connectivity index (χ1) is 5.00. The number of carbonyl (C=O) groups is 2. The van der Waals surface area contributed by atoms with Crippen LogP contribution in [-0.2, 0) is 0 Å². The first-order valence-electron chi connectivity index (χ1n) is 3.08. The Bertz CT molecular complexity index is 122. The van der Waals surface area contributed by atoms with Gasteiger partial charge in [0.1, 0.15) is 0 Å². The molecule has 0 aliphatic heterocycles. The van der Waals surface area contributed by atoms with Crippen LogP contribution in [0.1, 0.15) is 13.3 Å². The van der Waals surface area contributed by atoms with Crippen molar-refractivity contribution in [3.63, 3.8) is 0 Å². The van der Waals surface area contributed by atoms with Gasteiger partial charge in [0.2, 0.25) is 0 Å². The Kier molecular flexibility index (Phi) is 9.50. The predicted octanol–water partition coefficient (Wildman–Crippen LogP) is -0.911. The van der Waals surface area contributed by atoms with Crippen LogP contribution in [0.15, 0.2) is 0 Å². The third-order valence-electron chi connectivity index (χ3n) is 0.549. The molecule has 0 saturated heterocycles. The van der Waals surface area contributed by atoms with Crippen molar-refractivity contribution in [1.29, 1.82) is 0 Å². The Labute approximate surface area is 65.1 Å². The molecule has 0 radical (unpaired) electrons. The van der Waals surface area contributed by atoms with Crippen LogP contribution in [0.2, 0.25) is 0 Å². The van der Waals surface area contributed by atoms with Crippen LogP contribution in [0.5, 0.6) is 0 Å². The topological polar surface area (TPSA) is 124 Å². The van der Waals surface area contributed by atoms with Gasteiger partial charge >= 0.3 is 12.1 Å². The van der Waals surface area contributed by atoms with E-state index in [1.54, 1.807) is 0 Å². The molecule has 6 nitrogen and oxygen atoms in total. The van der Waals surface area contributed by atoms with Crippen molar-refractivity contribution in [2.75, 3.05) is 6.54 Å². The monoisotopic (exact) mass is 162 g/mol. The summed E-state index contributed by atoms with van der Waals surface area (Å²) in [5.41, 5.74) is 13.2. The van der Waals surface area contributed by atoms with Crippen molar-refractivity contribution in [1.82, 2.24) is 5.32 Å². The maximum absolute atomic E-state index is 9.87. The highest BCUT2D eigenvalue weighted by Crippen LogP contribution is 1.66. The highest BCUT2D eigenvalue weighted by Gasteiger charge is 1.83. The fourth-order valence-electron chi connectivity index (χ4n) is 0.248. The van der Waals surface area contributed by atoms with Gasteiger partial charge in [-0.3, -0.25) is 0 Å². The van der Waals surface area contributed by atoms with Crippen LogP contribution >= 0.6 is 0 Å². The number of nitrogens with two attached hydrogens (primary N) is 3. The highest BCUT2D eigenvalue weighted by molar-refractivity contribution is 5.71. The number of hydrogen-bond acceptors (Lipinski definition) is 2. The molecule has 0 aliphatic rings. The lowest BCUT2D eigenvalue weighted by molar-refractivity contribution is 0.249. The standard InChI is InChI=1S/C4H10N2O.CH4N2O/c1-2-3-6-4(5)7;2-1(3)4/h2-3H2,1H3,(H3,5,6,7);(H4,2,3,4). The summed E-state index contributed by atoms with van der Waals surface area (Å²) in [4.78, 5) is 18.9. The van der Waals surface area contributed by atoms with E-state index in [9.17, 15) is 4.79 Å².